The summed E-state index contributed by atoms with van der Waals surface area (Å²) in [5.74, 6) is 0.193. The predicted molar refractivity (Wildman–Crippen MR) is 256 cm³/mol. The summed E-state index contributed by atoms with van der Waals surface area (Å²) in [4.78, 5) is 10.5. The van der Waals surface area contributed by atoms with Crippen LogP contribution in [0.25, 0.3) is 83.6 Å². The minimum atomic E-state index is -0.0423. The SMILES string of the molecule is Cc1cc(C)c(-n2c3ccccc3c3ccc(-c4cccc(-c5[c-]c(-c6cc(-c7cc(C(C)(C)C)cc(C(C)(C)C)c7)cc(-c7ccccc7O)n6)ccc5)n4)cc32)c(C)c1.[Pt]. The maximum Gasteiger partial charge on any atom is 0.124 e. The first-order valence-electron chi connectivity index (χ1n) is 21.2. The van der Waals surface area contributed by atoms with Gasteiger partial charge in [0.25, 0.3) is 0 Å². The minimum absolute atomic E-state index is 0. The maximum atomic E-state index is 11.0. The van der Waals surface area contributed by atoms with E-state index in [2.05, 4.69) is 194 Å². The van der Waals surface area contributed by atoms with Crippen molar-refractivity contribution in [2.45, 2.75) is 73.1 Å². The molecule has 0 saturated heterocycles. The van der Waals surface area contributed by atoms with Crippen molar-refractivity contribution in [1.29, 1.82) is 0 Å². The van der Waals surface area contributed by atoms with Gasteiger partial charge in [0.1, 0.15) is 5.75 Å². The first-order chi connectivity index (χ1) is 29.1. The molecule has 4 nitrogen and oxygen atoms in total. The van der Waals surface area contributed by atoms with Crippen molar-refractivity contribution in [2.75, 3.05) is 0 Å². The minimum Gasteiger partial charge on any atom is -0.507 e. The Morgan fingerprint density at radius 2 is 1.05 bits per heavy atom. The van der Waals surface area contributed by atoms with Crippen LogP contribution in [0.4, 0.5) is 0 Å². The van der Waals surface area contributed by atoms with E-state index in [-0.39, 0.29) is 37.6 Å². The maximum absolute atomic E-state index is 11.0. The molecule has 9 aromatic rings. The van der Waals surface area contributed by atoms with Crippen LogP contribution in [-0.4, -0.2) is 19.6 Å². The molecule has 0 radical (unpaired) electrons. The van der Waals surface area contributed by atoms with Crippen LogP contribution < -0.4 is 0 Å². The summed E-state index contributed by atoms with van der Waals surface area (Å²) in [6.45, 7) is 20.2. The zero-order valence-electron chi connectivity index (χ0n) is 37.0. The average molecular weight is 990 g/mol. The number of aryl methyl sites for hydroxylation is 3. The van der Waals surface area contributed by atoms with E-state index in [1.165, 1.54) is 49.8 Å². The van der Waals surface area contributed by atoms with Gasteiger partial charge in [-0.2, -0.15) is 0 Å². The number of aromatic hydroxyl groups is 1. The molecule has 0 amide bonds. The number of benzene rings is 6. The van der Waals surface area contributed by atoms with E-state index in [1.54, 1.807) is 6.07 Å². The molecule has 6 aromatic carbocycles. The van der Waals surface area contributed by atoms with E-state index in [0.717, 1.165) is 50.4 Å². The van der Waals surface area contributed by atoms with Crippen molar-refractivity contribution in [3.05, 3.63) is 179 Å². The molecule has 0 fully saturated rings. The molecule has 62 heavy (non-hydrogen) atoms. The molecule has 0 aliphatic carbocycles. The Labute approximate surface area is 380 Å². The first kappa shape index (κ1) is 42.6. The Balaban J connectivity index is 0.00000529. The number of hydrogen-bond acceptors (Lipinski definition) is 3. The quantitative estimate of drug-likeness (QED) is 0.169. The Hall–Kier alpha value is -6.09. The Morgan fingerprint density at radius 3 is 1.74 bits per heavy atom. The second kappa shape index (κ2) is 16.3. The number of hydrogen-bond donors (Lipinski definition) is 1. The summed E-state index contributed by atoms with van der Waals surface area (Å²) in [6.07, 6.45) is 0. The number of nitrogens with zero attached hydrogens (tertiary/aromatic N) is 3. The van der Waals surface area contributed by atoms with Gasteiger partial charge in [-0.25, -0.2) is 0 Å². The molecule has 0 aliphatic heterocycles. The summed E-state index contributed by atoms with van der Waals surface area (Å²) in [5.41, 5.74) is 18.6. The number of phenolic OH excluding ortho intramolecular Hbond substituents is 1. The van der Waals surface area contributed by atoms with Gasteiger partial charge in [-0.3, -0.25) is 9.97 Å². The predicted octanol–water partition coefficient (Wildman–Crippen LogP) is 14.9. The second-order valence-corrected chi connectivity index (χ2v) is 18.7. The zero-order chi connectivity index (χ0) is 42.8. The van der Waals surface area contributed by atoms with Crippen LogP contribution in [0, 0.1) is 26.8 Å². The summed E-state index contributed by atoms with van der Waals surface area (Å²) < 4.78 is 2.42. The van der Waals surface area contributed by atoms with Gasteiger partial charge in [-0.05, 0) is 101 Å². The summed E-state index contributed by atoms with van der Waals surface area (Å²) >= 11 is 0. The van der Waals surface area contributed by atoms with Crippen LogP contribution in [0.15, 0.2) is 146 Å². The third-order valence-electron chi connectivity index (χ3n) is 11.9. The van der Waals surface area contributed by atoms with Crippen LogP contribution in [0.3, 0.4) is 0 Å². The second-order valence-electron chi connectivity index (χ2n) is 18.7. The van der Waals surface area contributed by atoms with Crippen molar-refractivity contribution in [3.63, 3.8) is 0 Å². The zero-order valence-corrected chi connectivity index (χ0v) is 39.2. The fourth-order valence-corrected chi connectivity index (χ4v) is 8.73. The van der Waals surface area contributed by atoms with Crippen molar-refractivity contribution in [2.24, 2.45) is 0 Å². The van der Waals surface area contributed by atoms with E-state index in [9.17, 15) is 5.11 Å². The fourth-order valence-electron chi connectivity index (χ4n) is 8.73. The van der Waals surface area contributed by atoms with Gasteiger partial charge in [0.05, 0.1) is 28.1 Å². The van der Waals surface area contributed by atoms with E-state index in [1.807, 2.05) is 18.2 Å². The van der Waals surface area contributed by atoms with Crippen LogP contribution >= 0.6 is 0 Å². The average Bonchev–Trinajstić information content (AvgIpc) is 3.56. The Bertz CT molecular complexity index is 3100. The van der Waals surface area contributed by atoms with Crippen molar-refractivity contribution in [3.8, 4) is 67.6 Å². The third kappa shape index (κ3) is 8.05. The van der Waals surface area contributed by atoms with Crippen LogP contribution in [-0.2, 0) is 31.9 Å². The van der Waals surface area contributed by atoms with Crippen molar-refractivity contribution < 1.29 is 26.2 Å². The third-order valence-corrected chi connectivity index (χ3v) is 11.9. The molecular formula is C57H52N3OPt-. The molecule has 0 saturated carbocycles. The number of para-hydroxylation sites is 2. The molecule has 5 heteroatoms. The largest absolute Gasteiger partial charge is 0.507 e. The number of rotatable bonds is 6. The number of pyridine rings is 2. The standard InChI is InChI=1S/C57H52N3O.Pt/c1-35-26-36(2)55(37(3)27-35)60-52-22-12-10-18-45(52)46-25-24-40(33-53(46)60)49-21-15-20-48(58-49)38-16-14-17-39(28-38)50-31-42(32-51(59-50)47-19-11-13-23-54(47)61)41-29-43(56(4,5)6)34-44(30-41)57(7,8)9;/h10-27,29-34,61H,1-9H3;/q-1;. The monoisotopic (exact) mass is 989 g/mol. The molecule has 3 aromatic heterocycles. The number of aromatic nitrogens is 3. The van der Waals surface area contributed by atoms with Crippen LogP contribution in [0.1, 0.15) is 69.4 Å². The molecule has 0 unspecified atom stereocenters. The van der Waals surface area contributed by atoms with Gasteiger partial charge in [-0.1, -0.05) is 149 Å². The topological polar surface area (TPSA) is 50.9 Å². The summed E-state index contributed by atoms with van der Waals surface area (Å²) in [5, 5.41) is 13.5. The molecule has 0 atom stereocenters. The first-order valence-corrected chi connectivity index (χ1v) is 21.2. The van der Waals surface area contributed by atoms with E-state index < -0.39 is 0 Å². The molecule has 1 N–H and O–H groups in total. The smallest absolute Gasteiger partial charge is 0.124 e. The van der Waals surface area contributed by atoms with Crippen LogP contribution in [0.2, 0.25) is 0 Å². The molecular weight excluding hydrogens is 938 g/mol. The van der Waals surface area contributed by atoms with Crippen LogP contribution in [0.5, 0.6) is 5.75 Å². The molecule has 0 bridgehead atoms. The van der Waals surface area contributed by atoms with Gasteiger partial charge in [0.2, 0.25) is 0 Å². The fraction of sp³-hybridized carbons (Fsp3) is 0.193. The molecule has 0 spiro atoms. The van der Waals surface area contributed by atoms with Gasteiger partial charge in [-0.15, -0.1) is 24.3 Å². The number of fused-ring (bicyclic) bond motifs is 3. The normalized spacial score (nSPS) is 11.9. The summed E-state index contributed by atoms with van der Waals surface area (Å²) in [7, 11) is 0. The van der Waals surface area contributed by atoms with Gasteiger partial charge in [0.15, 0.2) is 0 Å². The van der Waals surface area contributed by atoms with E-state index in [0.29, 0.717) is 11.3 Å². The van der Waals surface area contributed by atoms with Gasteiger partial charge >= 0.3 is 0 Å². The Kier molecular flexibility index (Phi) is 11.2. The molecule has 9 rings (SSSR count). The molecule has 312 valence electrons. The number of phenols is 1. The van der Waals surface area contributed by atoms with E-state index >= 15 is 0 Å². The summed E-state index contributed by atoms with van der Waals surface area (Å²) in [6, 6.07) is 54.7. The Morgan fingerprint density at radius 1 is 0.484 bits per heavy atom. The van der Waals surface area contributed by atoms with Crippen molar-refractivity contribution in [1.82, 2.24) is 14.5 Å². The van der Waals surface area contributed by atoms with E-state index in [4.69, 9.17) is 9.97 Å². The van der Waals surface area contributed by atoms with Gasteiger partial charge in [0, 0.05) is 54.4 Å². The van der Waals surface area contributed by atoms with Crippen molar-refractivity contribution >= 4 is 21.8 Å². The van der Waals surface area contributed by atoms with Gasteiger partial charge < -0.3 is 9.67 Å². The molecule has 3 heterocycles. The molecule has 0 aliphatic rings.